The van der Waals surface area contributed by atoms with Crippen LogP contribution < -0.4 is 10.9 Å². The SMILES string of the molecule is CC(C)(C)c1ccc(C(=O)NC(=S)N2C[C@@H]3C[C@@H](C2)c2cccc(=O)n2C3)cc1. The third kappa shape index (κ3) is 3.99. The zero-order valence-electron chi connectivity index (χ0n) is 17.1. The van der Waals surface area contributed by atoms with Crippen molar-refractivity contribution in [3.63, 3.8) is 0 Å². The number of hydrogen-bond acceptors (Lipinski definition) is 3. The molecule has 2 atom stereocenters. The van der Waals surface area contributed by atoms with E-state index >= 15 is 0 Å². The molecule has 0 aliphatic carbocycles. The van der Waals surface area contributed by atoms with Gasteiger partial charge in [0.2, 0.25) is 0 Å². The maximum absolute atomic E-state index is 12.7. The van der Waals surface area contributed by atoms with Gasteiger partial charge < -0.3 is 9.47 Å². The fourth-order valence-corrected chi connectivity index (χ4v) is 4.67. The van der Waals surface area contributed by atoms with Gasteiger partial charge in [0.1, 0.15) is 0 Å². The van der Waals surface area contributed by atoms with Crippen LogP contribution in [-0.4, -0.2) is 33.6 Å². The molecule has 3 heterocycles. The Morgan fingerprint density at radius 3 is 2.48 bits per heavy atom. The zero-order valence-corrected chi connectivity index (χ0v) is 18.0. The number of nitrogens with zero attached hydrogens (tertiary/aromatic N) is 2. The van der Waals surface area contributed by atoms with E-state index in [4.69, 9.17) is 12.2 Å². The number of amides is 1. The van der Waals surface area contributed by atoms with Crippen LogP contribution in [0.1, 0.15) is 54.7 Å². The first kappa shape index (κ1) is 19.8. The van der Waals surface area contributed by atoms with Crippen molar-refractivity contribution < 1.29 is 4.79 Å². The van der Waals surface area contributed by atoms with Gasteiger partial charge in [-0.05, 0) is 53.7 Å². The molecule has 6 heteroatoms. The summed E-state index contributed by atoms with van der Waals surface area (Å²) in [5.41, 5.74) is 2.99. The lowest BCUT2D eigenvalue weighted by molar-refractivity contribution is 0.0968. The zero-order chi connectivity index (χ0) is 20.8. The van der Waals surface area contributed by atoms with E-state index < -0.39 is 0 Å². The van der Waals surface area contributed by atoms with Crippen molar-refractivity contribution in [3.8, 4) is 0 Å². The molecule has 4 rings (SSSR count). The third-order valence-electron chi connectivity index (χ3n) is 6.00. The van der Waals surface area contributed by atoms with Crippen molar-refractivity contribution in [1.29, 1.82) is 0 Å². The maximum Gasteiger partial charge on any atom is 0.257 e. The number of thiocarbonyl (C=S) groups is 1. The molecular weight excluding hydrogens is 382 g/mol. The standard InChI is InChI=1S/C23H27N3O2S/c1-23(2,3)18-9-7-16(8-10-18)21(28)24-22(29)25-12-15-11-17(14-25)19-5-4-6-20(27)26(19)13-15/h4-10,15,17H,11-14H2,1-3H3,(H,24,28,29)/t15-,17-/m0/s1. The van der Waals surface area contributed by atoms with Crippen LogP contribution in [0.4, 0.5) is 0 Å². The fourth-order valence-electron chi connectivity index (χ4n) is 4.43. The van der Waals surface area contributed by atoms with Crippen molar-refractivity contribution in [1.82, 2.24) is 14.8 Å². The number of pyridine rings is 1. The van der Waals surface area contributed by atoms with Crippen molar-refractivity contribution in [2.45, 2.75) is 45.1 Å². The number of aromatic nitrogens is 1. The van der Waals surface area contributed by atoms with E-state index in [1.165, 1.54) is 5.56 Å². The summed E-state index contributed by atoms with van der Waals surface area (Å²) >= 11 is 5.56. The van der Waals surface area contributed by atoms with Crippen LogP contribution >= 0.6 is 12.2 Å². The first-order valence-electron chi connectivity index (χ1n) is 10.1. The second-order valence-electron chi connectivity index (χ2n) is 9.19. The molecule has 1 fully saturated rings. The van der Waals surface area contributed by atoms with E-state index in [1.807, 2.05) is 41.0 Å². The smallest absolute Gasteiger partial charge is 0.257 e. The molecule has 1 saturated heterocycles. The molecule has 0 radical (unpaired) electrons. The summed E-state index contributed by atoms with van der Waals surface area (Å²) in [5.74, 6) is 0.447. The number of fused-ring (bicyclic) bond motifs is 4. The summed E-state index contributed by atoms with van der Waals surface area (Å²) in [6.07, 6.45) is 1.06. The molecule has 2 aromatic rings. The Morgan fingerprint density at radius 1 is 1.07 bits per heavy atom. The van der Waals surface area contributed by atoms with E-state index in [9.17, 15) is 9.59 Å². The van der Waals surface area contributed by atoms with Crippen LogP contribution in [0.5, 0.6) is 0 Å². The number of hydrogen-bond donors (Lipinski definition) is 1. The highest BCUT2D eigenvalue weighted by molar-refractivity contribution is 7.80. The van der Waals surface area contributed by atoms with Crippen molar-refractivity contribution in [3.05, 3.63) is 69.6 Å². The first-order valence-corrected chi connectivity index (χ1v) is 10.5. The lowest BCUT2D eigenvalue weighted by atomic mass is 9.83. The van der Waals surface area contributed by atoms with E-state index in [1.54, 1.807) is 6.07 Å². The molecule has 1 aromatic carbocycles. The summed E-state index contributed by atoms with van der Waals surface area (Å²) in [6, 6.07) is 13.2. The second-order valence-corrected chi connectivity index (χ2v) is 9.58. The molecule has 1 aromatic heterocycles. The highest BCUT2D eigenvalue weighted by Gasteiger charge is 2.35. The average molecular weight is 410 g/mol. The number of benzene rings is 1. The minimum Gasteiger partial charge on any atom is -0.348 e. The number of likely N-dealkylation sites (tertiary alicyclic amines) is 1. The summed E-state index contributed by atoms with van der Waals surface area (Å²) in [5, 5.41) is 3.37. The second kappa shape index (κ2) is 7.41. The Kier molecular flexibility index (Phi) is 5.07. The highest BCUT2D eigenvalue weighted by atomic mass is 32.1. The molecule has 5 nitrogen and oxygen atoms in total. The van der Waals surface area contributed by atoms with Gasteiger partial charge >= 0.3 is 0 Å². The van der Waals surface area contributed by atoms with Gasteiger partial charge in [0.25, 0.3) is 11.5 Å². The lowest BCUT2D eigenvalue weighted by Crippen LogP contribution is -2.52. The van der Waals surface area contributed by atoms with E-state index in [-0.39, 0.29) is 22.8 Å². The Balaban J connectivity index is 1.44. The number of carbonyl (C=O) groups excluding carboxylic acids is 1. The number of carbonyl (C=O) groups is 1. The molecule has 0 saturated carbocycles. The molecule has 0 spiro atoms. The molecule has 1 N–H and O–H groups in total. The number of nitrogens with one attached hydrogen (secondary N) is 1. The Hall–Kier alpha value is -2.47. The molecule has 0 unspecified atom stereocenters. The topological polar surface area (TPSA) is 54.3 Å². The van der Waals surface area contributed by atoms with Gasteiger partial charge in [-0.15, -0.1) is 0 Å². The molecule has 1 amide bonds. The molecule has 29 heavy (non-hydrogen) atoms. The van der Waals surface area contributed by atoms with Crippen LogP contribution in [-0.2, 0) is 12.0 Å². The van der Waals surface area contributed by atoms with Crippen LogP contribution in [0.3, 0.4) is 0 Å². The summed E-state index contributed by atoms with van der Waals surface area (Å²) < 4.78 is 1.90. The Bertz CT molecular complexity index is 1000. The average Bonchev–Trinajstić information content (AvgIpc) is 2.68. The summed E-state index contributed by atoms with van der Waals surface area (Å²) in [4.78, 5) is 26.9. The molecule has 2 aliphatic heterocycles. The Labute approximate surface area is 176 Å². The normalized spacial score (nSPS) is 20.7. The largest absolute Gasteiger partial charge is 0.348 e. The minimum atomic E-state index is -0.178. The quantitative estimate of drug-likeness (QED) is 0.735. The van der Waals surface area contributed by atoms with E-state index in [2.05, 4.69) is 31.0 Å². The van der Waals surface area contributed by atoms with Gasteiger partial charge in [0.15, 0.2) is 5.11 Å². The van der Waals surface area contributed by atoms with Gasteiger partial charge in [0.05, 0.1) is 0 Å². The van der Waals surface area contributed by atoms with Crippen LogP contribution in [0, 0.1) is 5.92 Å². The van der Waals surface area contributed by atoms with Gasteiger partial charge in [-0.25, -0.2) is 0 Å². The van der Waals surface area contributed by atoms with Gasteiger partial charge in [-0.2, -0.15) is 0 Å². The Morgan fingerprint density at radius 2 is 1.79 bits per heavy atom. The number of rotatable bonds is 1. The number of piperidine rings is 1. The van der Waals surface area contributed by atoms with E-state index in [0.29, 0.717) is 23.1 Å². The highest BCUT2D eigenvalue weighted by Crippen LogP contribution is 2.34. The van der Waals surface area contributed by atoms with Crippen LogP contribution in [0.25, 0.3) is 0 Å². The predicted molar refractivity (Wildman–Crippen MR) is 118 cm³/mol. The first-order chi connectivity index (χ1) is 13.7. The van der Waals surface area contributed by atoms with Crippen molar-refractivity contribution >= 4 is 23.2 Å². The van der Waals surface area contributed by atoms with Crippen molar-refractivity contribution in [2.75, 3.05) is 13.1 Å². The monoisotopic (exact) mass is 409 g/mol. The molecule has 2 bridgehead atoms. The summed E-state index contributed by atoms with van der Waals surface area (Å²) in [6.45, 7) is 8.65. The van der Waals surface area contributed by atoms with E-state index in [0.717, 1.165) is 25.2 Å². The summed E-state index contributed by atoms with van der Waals surface area (Å²) in [7, 11) is 0. The maximum atomic E-state index is 12.7. The van der Waals surface area contributed by atoms with Crippen LogP contribution in [0.15, 0.2) is 47.3 Å². The van der Waals surface area contributed by atoms with Crippen LogP contribution in [0.2, 0.25) is 0 Å². The molecule has 2 aliphatic rings. The third-order valence-corrected chi connectivity index (χ3v) is 6.36. The van der Waals surface area contributed by atoms with Gasteiger partial charge in [0, 0.05) is 42.9 Å². The van der Waals surface area contributed by atoms with Gasteiger partial charge in [-0.3, -0.25) is 14.9 Å². The van der Waals surface area contributed by atoms with Gasteiger partial charge in [-0.1, -0.05) is 39.0 Å². The molecule has 152 valence electrons. The predicted octanol–water partition coefficient (Wildman–Crippen LogP) is 3.28. The fraction of sp³-hybridized carbons (Fsp3) is 0.435. The molecular formula is C23H27N3O2S. The lowest BCUT2D eigenvalue weighted by Gasteiger charge is -2.43. The van der Waals surface area contributed by atoms with Crippen molar-refractivity contribution in [2.24, 2.45) is 5.92 Å². The minimum absolute atomic E-state index is 0.0498.